The topological polar surface area (TPSA) is 65.2 Å². The van der Waals surface area contributed by atoms with Gasteiger partial charge in [0.2, 0.25) is 5.89 Å². The Morgan fingerprint density at radius 1 is 1.14 bits per heavy atom. The van der Waals surface area contributed by atoms with Crippen molar-refractivity contribution < 1.29 is 14.1 Å². The zero-order chi connectivity index (χ0) is 14.2. The molecule has 1 aromatic heterocycles. The maximum absolute atomic E-state index is 11.3. The molecule has 0 bridgehead atoms. The van der Waals surface area contributed by atoms with E-state index in [1.165, 1.54) is 0 Å². The summed E-state index contributed by atoms with van der Waals surface area (Å²) in [7, 11) is 0. The second-order valence-corrected chi connectivity index (χ2v) is 5.71. The molecule has 2 aromatic rings. The minimum Gasteiger partial charge on any atom is -0.492 e. The third-order valence-electron chi connectivity index (χ3n) is 4.36. The summed E-state index contributed by atoms with van der Waals surface area (Å²) in [5.74, 6) is 2.86. The van der Waals surface area contributed by atoms with Crippen LogP contribution in [0.3, 0.4) is 0 Å². The van der Waals surface area contributed by atoms with E-state index in [0.717, 1.165) is 24.2 Å². The standard InChI is InChI=1S/C16H16N2O3/c19-11-7-5-10(6-8-11)16-17-15(18-21-16)13-9-20-14-4-2-1-3-12(13)14/h1-4,10,13H,5-9H2. The van der Waals surface area contributed by atoms with Crippen LogP contribution in [0.15, 0.2) is 28.8 Å². The molecule has 2 heterocycles. The fourth-order valence-electron chi connectivity index (χ4n) is 3.12. The highest BCUT2D eigenvalue weighted by molar-refractivity contribution is 5.79. The van der Waals surface area contributed by atoms with Crippen LogP contribution in [0, 0.1) is 0 Å². The molecule has 0 N–H and O–H groups in total. The van der Waals surface area contributed by atoms with Crippen LogP contribution in [-0.2, 0) is 4.79 Å². The van der Waals surface area contributed by atoms with Gasteiger partial charge in [0.25, 0.3) is 0 Å². The van der Waals surface area contributed by atoms with Crippen molar-refractivity contribution in [2.75, 3.05) is 6.61 Å². The van der Waals surface area contributed by atoms with Gasteiger partial charge in [0.15, 0.2) is 5.82 Å². The Hall–Kier alpha value is -2.17. The van der Waals surface area contributed by atoms with Gasteiger partial charge in [-0.1, -0.05) is 23.4 Å². The van der Waals surface area contributed by atoms with Crippen molar-refractivity contribution in [3.63, 3.8) is 0 Å². The Kier molecular flexibility index (Phi) is 2.98. The molecule has 5 nitrogen and oxygen atoms in total. The van der Waals surface area contributed by atoms with Crippen molar-refractivity contribution >= 4 is 5.78 Å². The summed E-state index contributed by atoms with van der Waals surface area (Å²) in [4.78, 5) is 15.9. The molecule has 108 valence electrons. The van der Waals surface area contributed by atoms with Gasteiger partial charge in [-0.05, 0) is 18.9 Å². The summed E-state index contributed by atoms with van der Waals surface area (Å²) in [5.41, 5.74) is 1.11. The van der Waals surface area contributed by atoms with Crippen molar-refractivity contribution in [3.05, 3.63) is 41.5 Å². The lowest BCUT2D eigenvalue weighted by Gasteiger charge is -2.16. The monoisotopic (exact) mass is 284 g/mol. The van der Waals surface area contributed by atoms with E-state index in [1.807, 2.05) is 24.3 Å². The molecule has 1 saturated carbocycles. The molecule has 4 rings (SSSR count). The van der Waals surface area contributed by atoms with Gasteiger partial charge in [-0.2, -0.15) is 4.98 Å². The van der Waals surface area contributed by atoms with Gasteiger partial charge in [-0.15, -0.1) is 0 Å². The largest absolute Gasteiger partial charge is 0.492 e. The van der Waals surface area contributed by atoms with Crippen LogP contribution in [-0.4, -0.2) is 22.5 Å². The highest BCUT2D eigenvalue weighted by atomic mass is 16.5. The Balaban J connectivity index is 1.57. The molecule has 2 aliphatic rings. The first-order valence-corrected chi connectivity index (χ1v) is 7.38. The minimum absolute atomic E-state index is 0.0453. The van der Waals surface area contributed by atoms with E-state index in [-0.39, 0.29) is 11.8 Å². The summed E-state index contributed by atoms with van der Waals surface area (Å²) < 4.78 is 11.1. The van der Waals surface area contributed by atoms with Crippen LogP contribution in [0.4, 0.5) is 0 Å². The van der Waals surface area contributed by atoms with Crippen LogP contribution in [0.25, 0.3) is 0 Å². The number of carbonyl (C=O) groups excluding carboxylic acids is 1. The fraction of sp³-hybridized carbons (Fsp3) is 0.438. The van der Waals surface area contributed by atoms with E-state index in [9.17, 15) is 4.79 Å². The van der Waals surface area contributed by atoms with Gasteiger partial charge in [0.1, 0.15) is 18.1 Å². The molecule has 5 heteroatoms. The van der Waals surface area contributed by atoms with Crippen molar-refractivity contribution in [1.82, 2.24) is 10.1 Å². The lowest BCUT2D eigenvalue weighted by atomic mass is 9.88. The first-order chi connectivity index (χ1) is 10.3. The van der Waals surface area contributed by atoms with Crippen molar-refractivity contribution in [2.45, 2.75) is 37.5 Å². The average Bonchev–Trinajstić information content (AvgIpc) is 3.14. The molecule has 21 heavy (non-hydrogen) atoms. The number of aromatic nitrogens is 2. The molecule has 0 saturated heterocycles. The van der Waals surface area contributed by atoms with Crippen molar-refractivity contribution in [1.29, 1.82) is 0 Å². The maximum atomic E-state index is 11.3. The molecule has 1 unspecified atom stereocenters. The first kappa shape index (κ1) is 12.6. The third kappa shape index (κ3) is 2.22. The molecular formula is C16H16N2O3. The minimum atomic E-state index is 0.0453. The number of ether oxygens (including phenoxy) is 1. The maximum Gasteiger partial charge on any atom is 0.229 e. The van der Waals surface area contributed by atoms with Crippen LogP contribution >= 0.6 is 0 Å². The third-order valence-corrected chi connectivity index (χ3v) is 4.36. The zero-order valence-electron chi connectivity index (χ0n) is 11.6. The van der Waals surface area contributed by atoms with E-state index in [1.54, 1.807) is 0 Å². The summed E-state index contributed by atoms with van der Waals surface area (Å²) in [6.07, 6.45) is 2.88. The van der Waals surface area contributed by atoms with Crippen LogP contribution in [0.1, 0.15) is 54.8 Å². The van der Waals surface area contributed by atoms with E-state index in [4.69, 9.17) is 9.26 Å². The normalized spacial score (nSPS) is 22.1. The number of benzene rings is 1. The molecule has 0 radical (unpaired) electrons. The summed E-state index contributed by atoms with van der Waals surface area (Å²) in [5, 5.41) is 4.14. The number of fused-ring (bicyclic) bond motifs is 1. The van der Waals surface area contributed by atoms with Crippen LogP contribution in [0.5, 0.6) is 5.75 Å². The fourth-order valence-corrected chi connectivity index (χ4v) is 3.12. The van der Waals surface area contributed by atoms with Crippen molar-refractivity contribution in [2.24, 2.45) is 0 Å². The van der Waals surface area contributed by atoms with E-state index < -0.39 is 0 Å². The Morgan fingerprint density at radius 3 is 2.81 bits per heavy atom. The zero-order valence-corrected chi connectivity index (χ0v) is 11.6. The molecular weight excluding hydrogens is 268 g/mol. The van der Waals surface area contributed by atoms with Gasteiger partial charge in [-0.3, -0.25) is 4.79 Å². The van der Waals surface area contributed by atoms with Crippen LogP contribution in [0.2, 0.25) is 0 Å². The highest BCUT2D eigenvalue weighted by Gasteiger charge is 2.31. The van der Waals surface area contributed by atoms with Gasteiger partial charge in [-0.25, -0.2) is 0 Å². The number of para-hydroxylation sites is 1. The molecule has 1 fully saturated rings. The van der Waals surface area contributed by atoms with E-state index >= 15 is 0 Å². The van der Waals surface area contributed by atoms with E-state index in [0.29, 0.717) is 36.9 Å². The van der Waals surface area contributed by atoms with Gasteiger partial charge < -0.3 is 9.26 Å². The number of hydrogen-bond acceptors (Lipinski definition) is 5. The lowest BCUT2D eigenvalue weighted by Crippen LogP contribution is -2.13. The molecule has 1 aromatic carbocycles. The predicted octanol–water partition coefficient (Wildman–Crippen LogP) is 2.82. The number of nitrogens with zero attached hydrogens (tertiary/aromatic N) is 2. The van der Waals surface area contributed by atoms with Gasteiger partial charge in [0, 0.05) is 24.3 Å². The summed E-state index contributed by atoms with van der Waals surface area (Å²) >= 11 is 0. The number of ketones is 1. The number of hydrogen-bond donors (Lipinski definition) is 0. The second kappa shape index (κ2) is 4.98. The summed E-state index contributed by atoms with van der Waals surface area (Å²) in [6, 6.07) is 7.96. The summed E-state index contributed by atoms with van der Waals surface area (Å²) in [6.45, 7) is 0.557. The number of carbonyl (C=O) groups is 1. The number of rotatable bonds is 2. The van der Waals surface area contributed by atoms with Gasteiger partial charge in [0.05, 0.1) is 5.92 Å². The SMILES string of the molecule is O=C1CCC(c2nc(C3COc4ccccc43)no2)CC1. The van der Waals surface area contributed by atoms with Crippen molar-refractivity contribution in [3.8, 4) is 5.75 Å². The Labute approximate surface area is 122 Å². The average molecular weight is 284 g/mol. The van der Waals surface area contributed by atoms with Gasteiger partial charge >= 0.3 is 0 Å². The first-order valence-electron chi connectivity index (χ1n) is 7.38. The molecule has 1 aliphatic carbocycles. The molecule has 1 aliphatic heterocycles. The lowest BCUT2D eigenvalue weighted by molar-refractivity contribution is -0.120. The second-order valence-electron chi connectivity index (χ2n) is 5.71. The number of Topliss-reactive ketones (excluding diaryl/α,β-unsaturated/α-hetero) is 1. The smallest absolute Gasteiger partial charge is 0.229 e. The Bertz CT molecular complexity index is 670. The molecule has 0 amide bonds. The van der Waals surface area contributed by atoms with Crippen LogP contribution < -0.4 is 4.74 Å². The van der Waals surface area contributed by atoms with E-state index in [2.05, 4.69) is 10.1 Å². The molecule has 1 atom stereocenters. The Morgan fingerprint density at radius 2 is 1.95 bits per heavy atom. The quantitative estimate of drug-likeness (QED) is 0.848. The predicted molar refractivity (Wildman–Crippen MR) is 74.3 cm³/mol. The molecule has 0 spiro atoms. The highest BCUT2D eigenvalue weighted by Crippen LogP contribution is 2.37.